The summed E-state index contributed by atoms with van der Waals surface area (Å²) in [6.07, 6.45) is 4.45. The van der Waals surface area contributed by atoms with Crippen LogP contribution in [0.1, 0.15) is 32.0 Å². The zero-order valence-electron chi connectivity index (χ0n) is 16.8. The molecule has 0 radical (unpaired) electrons. The van der Waals surface area contributed by atoms with E-state index in [1.807, 2.05) is 54.1 Å². The number of carbonyl (C=O) groups excluding carboxylic acids is 1. The van der Waals surface area contributed by atoms with Crippen molar-refractivity contribution >= 4 is 22.6 Å². The van der Waals surface area contributed by atoms with Crippen LogP contribution in [0.2, 0.25) is 0 Å². The van der Waals surface area contributed by atoms with Crippen molar-refractivity contribution in [2.24, 2.45) is 0 Å². The van der Waals surface area contributed by atoms with E-state index in [9.17, 15) is 4.79 Å². The van der Waals surface area contributed by atoms with Gasteiger partial charge in [-0.2, -0.15) is 10.2 Å². The highest BCUT2D eigenvalue weighted by atomic mass is 16.2. The summed E-state index contributed by atoms with van der Waals surface area (Å²) >= 11 is 0. The first-order valence-corrected chi connectivity index (χ1v) is 9.78. The van der Waals surface area contributed by atoms with E-state index in [1.165, 1.54) is 0 Å². The molecule has 4 aromatic rings. The molecule has 0 saturated carbocycles. The van der Waals surface area contributed by atoms with Crippen molar-refractivity contribution in [3.63, 3.8) is 0 Å². The summed E-state index contributed by atoms with van der Waals surface area (Å²) in [5, 5.41) is 13.2. The maximum atomic E-state index is 12.8. The second-order valence-corrected chi connectivity index (χ2v) is 7.19. The Morgan fingerprint density at radius 2 is 2.00 bits per heavy atom. The Morgan fingerprint density at radius 3 is 2.76 bits per heavy atom. The first-order chi connectivity index (χ1) is 14.1. The molecule has 3 heterocycles. The molecule has 148 valence electrons. The third-order valence-corrected chi connectivity index (χ3v) is 5.02. The lowest BCUT2D eigenvalue weighted by molar-refractivity contribution is -0.116. The summed E-state index contributed by atoms with van der Waals surface area (Å²) in [7, 11) is 0. The van der Waals surface area contributed by atoms with Gasteiger partial charge in [0.15, 0.2) is 0 Å². The van der Waals surface area contributed by atoms with Crippen LogP contribution in [0.25, 0.3) is 22.2 Å². The lowest BCUT2D eigenvalue weighted by atomic mass is 10.1. The Morgan fingerprint density at radius 1 is 1.17 bits per heavy atom. The monoisotopic (exact) mass is 388 g/mol. The van der Waals surface area contributed by atoms with Crippen LogP contribution in [0.15, 0.2) is 54.9 Å². The highest BCUT2D eigenvalue weighted by Gasteiger charge is 2.17. The Labute approximate surface area is 169 Å². The van der Waals surface area contributed by atoms with E-state index in [0.717, 1.165) is 34.3 Å². The predicted octanol–water partition coefficient (Wildman–Crippen LogP) is 4.21. The zero-order chi connectivity index (χ0) is 20.4. The number of hydrogen-bond donors (Lipinski definition) is 1. The van der Waals surface area contributed by atoms with Gasteiger partial charge >= 0.3 is 0 Å². The number of fused-ring (bicyclic) bond motifs is 1. The molecular weight excluding hydrogens is 364 g/mol. The number of aryl methyl sites for hydroxylation is 1. The molecule has 0 fully saturated rings. The lowest BCUT2D eigenvalue weighted by Crippen LogP contribution is -2.22. The van der Waals surface area contributed by atoms with Crippen molar-refractivity contribution < 1.29 is 4.79 Å². The third kappa shape index (κ3) is 3.76. The minimum absolute atomic E-state index is 0.117. The fourth-order valence-corrected chi connectivity index (χ4v) is 3.40. The van der Waals surface area contributed by atoms with E-state index in [1.54, 1.807) is 17.1 Å². The minimum Gasteiger partial charge on any atom is -0.309 e. The molecule has 29 heavy (non-hydrogen) atoms. The molecule has 1 aromatic carbocycles. The average molecular weight is 388 g/mol. The number of hydrogen-bond acceptors (Lipinski definition) is 4. The standard InChI is InChI=1S/C22H24N6O/c1-4-16(3)28-20(12-15(2)25-28)24-21(29)14-27-19-10-6-5-9-18(19)22(26-27)17-8-7-11-23-13-17/h5-13,16H,4,14H2,1-3H3,(H,24,29)/t16-/m1/s1. The average Bonchev–Trinajstić information content (AvgIpc) is 3.28. The van der Waals surface area contributed by atoms with Crippen LogP contribution in [-0.2, 0) is 11.3 Å². The minimum atomic E-state index is -0.138. The quantitative estimate of drug-likeness (QED) is 0.537. The fourth-order valence-electron chi connectivity index (χ4n) is 3.40. The molecule has 1 atom stereocenters. The summed E-state index contributed by atoms with van der Waals surface area (Å²) in [4.78, 5) is 17.0. The van der Waals surface area contributed by atoms with E-state index < -0.39 is 0 Å². The number of benzene rings is 1. The lowest BCUT2D eigenvalue weighted by Gasteiger charge is -2.14. The van der Waals surface area contributed by atoms with E-state index in [4.69, 9.17) is 5.10 Å². The molecule has 3 aromatic heterocycles. The summed E-state index contributed by atoms with van der Waals surface area (Å²) in [6, 6.07) is 13.9. The summed E-state index contributed by atoms with van der Waals surface area (Å²) in [5.74, 6) is 0.575. The number of amides is 1. The van der Waals surface area contributed by atoms with E-state index in [0.29, 0.717) is 5.82 Å². The number of nitrogens with zero attached hydrogens (tertiary/aromatic N) is 5. The van der Waals surface area contributed by atoms with Crippen LogP contribution < -0.4 is 5.32 Å². The van der Waals surface area contributed by atoms with Crippen molar-refractivity contribution in [2.45, 2.75) is 39.8 Å². The SMILES string of the molecule is CC[C@@H](C)n1nc(C)cc1NC(=O)Cn1nc(-c2cccnc2)c2ccccc21. The van der Waals surface area contributed by atoms with Gasteiger partial charge in [-0.1, -0.05) is 25.1 Å². The van der Waals surface area contributed by atoms with Gasteiger partial charge in [0.25, 0.3) is 0 Å². The summed E-state index contributed by atoms with van der Waals surface area (Å²) in [5.41, 5.74) is 3.53. The second-order valence-electron chi connectivity index (χ2n) is 7.19. The van der Waals surface area contributed by atoms with Gasteiger partial charge in [0, 0.05) is 29.4 Å². The molecule has 1 amide bonds. The maximum absolute atomic E-state index is 12.8. The maximum Gasteiger partial charge on any atom is 0.247 e. The van der Waals surface area contributed by atoms with Gasteiger partial charge in [-0.25, -0.2) is 4.68 Å². The first-order valence-electron chi connectivity index (χ1n) is 9.78. The summed E-state index contributed by atoms with van der Waals surface area (Å²) in [6.45, 7) is 6.23. The van der Waals surface area contributed by atoms with Crippen molar-refractivity contribution in [2.75, 3.05) is 5.32 Å². The number of aromatic nitrogens is 5. The number of nitrogens with one attached hydrogen (secondary N) is 1. The van der Waals surface area contributed by atoms with E-state index in [-0.39, 0.29) is 18.5 Å². The number of para-hydroxylation sites is 1. The fraction of sp³-hybridized carbons (Fsp3) is 0.273. The van der Waals surface area contributed by atoms with Crippen LogP contribution in [0.3, 0.4) is 0 Å². The third-order valence-electron chi connectivity index (χ3n) is 5.02. The highest BCUT2D eigenvalue weighted by molar-refractivity contribution is 5.95. The van der Waals surface area contributed by atoms with Crippen molar-refractivity contribution in [1.82, 2.24) is 24.5 Å². The molecule has 0 aliphatic carbocycles. The molecule has 0 aliphatic rings. The van der Waals surface area contributed by atoms with Gasteiger partial charge in [-0.3, -0.25) is 14.5 Å². The van der Waals surface area contributed by atoms with Gasteiger partial charge < -0.3 is 5.32 Å². The molecule has 0 saturated heterocycles. The first kappa shape index (κ1) is 18.9. The second kappa shape index (κ2) is 7.87. The molecule has 0 unspecified atom stereocenters. The normalized spacial score (nSPS) is 12.2. The van der Waals surface area contributed by atoms with Gasteiger partial charge in [0.1, 0.15) is 18.1 Å². The van der Waals surface area contributed by atoms with Crippen LogP contribution in [0.5, 0.6) is 0 Å². The number of anilines is 1. The van der Waals surface area contributed by atoms with Crippen LogP contribution in [0, 0.1) is 6.92 Å². The largest absolute Gasteiger partial charge is 0.309 e. The van der Waals surface area contributed by atoms with Crippen molar-refractivity contribution in [1.29, 1.82) is 0 Å². The number of pyridine rings is 1. The molecule has 4 rings (SSSR count). The molecule has 7 heteroatoms. The molecule has 7 nitrogen and oxygen atoms in total. The van der Waals surface area contributed by atoms with Crippen LogP contribution >= 0.6 is 0 Å². The molecular formula is C22H24N6O. The van der Waals surface area contributed by atoms with E-state index in [2.05, 4.69) is 29.2 Å². The van der Waals surface area contributed by atoms with Crippen LogP contribution in [-0.4, -0.2) is 30.5 Å². The van der Waals surface area contributed by atoms with Gasteiger partial charge in [-0.15, -0.1) is 0 Å². The Bertz CT molecular complexity index is 1140. The molecule has 0 aliphatic heterocycles. The predicted molar refractivity (Wildman–Crippen MR) is 114 cm³/mol. The van der Waals surface area contributed by atoms with Gasteiger partial charge in [0.05, 0.1) is 17.3 Å². The summed E-state index contributed by atoms with van der Waals surface area (Å²) < 4.78 is 3.61. The molecule has 0 spiro atoms. The van der Waals surface area contributed by atoms with Crippen molar-refractivity contribution in [3.8, 4) is 11.3 Å². The van der Waals surface area contributed by atoms with Crippen LogP contribution in [0.4, 0.5) is 5.82 Å². The highest BCUT2D eigenvalue weighted by Crippen LogP contribution is 2.27. The Balaban J connectivity index is 1.63. The molecule has 1 N–H and O–H groups in total. The topological polar surface area (TPSA) is 77.6 Å². The van der Waals surface area contributed by atoms with Gasteiger partial charge in [0.2, 0.25) is 5.91 Å². The Hall–Kier alpha value is -3.48. The number of carbonyl (C=O) groups is 1. The van der Waals surface area contributed by atoms with E-state index >= 15 is 0 Å². The zero-order valence-corrected chi connectivity index (χ0v) is 16.8. The Kier molecular flexibility index (Phi) is 5.12. The smallest absolute Gasteiger partial charge is 0.247 e. The van der Waals surface area contributed by atoms with Gasteiger partial charge in [-0.05, 0) is 38.5 Å². The van der Waals surface area contributed by atoms with Crippen molar-refractivity contribution in [3.05, 3.63) is 60.6 Å². The molecule has 0 bridgehead atoms. The number of rotatable bonds is 6.